The maximum absolute atomic E-state index is 12.3. The first kappa shape index (κ1) is 19.9. The molecule has 0 aliphatic heterocycles. The lowest BCUT2D eigenvalue weighted by Gasteiger charge is -2.11. The molecule has 0 amide bonds. The minimum atomic E-state index is -0.628. The van der Waals surface area contributed by atoms with Gasteiger partial charge in [0.25, 0.3) is 0 Å². The molecular formula is C25H22N2O2. The lowest BCUT2D eigenvalue weighted by atomic mass is 10.0. The van der Waals surface area contributed by atoms with Crippen molar-refractivity contribution in [3.05, 3.63) is 95.6 Å². The summed E-state index contributed by atoms with van der Waals surface area (Å²) in [7, 11) is 3.91. The highest BCUT2D eigenvalue weighted by atomic mass is 16.5. The molecule has 0 saturated heterocycles. The van der Waals surface area contributed by atoms with Crippen molar-refractivity contribution >= 4 is 17.7 Å². The number of esters is 1. The Labute approximate surface area is 171 Å². The number of benzene rings is 3. The van der Waals surface area contributed by atoms with Crippen molar-refractivity contribution in [3.63, 3.8) is 0 Å². The summed E-state index contributed by atoms with van der Waals surface area (Å²) in [5, 5.41) is 9.33. The van der Waals surface area contributed by atoms with Gasteiger partial charge in [0.2, 0.25) is 0 Å². The number of ether oxygens (including phenoxy) is 1. The Bertz CT molecular complexity index is 1030. The fraction of sp³-hybridized carbons (Fsp3) is 0.120. The van der Waals surface area contributed by atoms with Crippen LogP contribution < -0.4 is 4.90 Å². The number of carbonyl (C=O) groups excluding carboxylic acids is 1. The van der Waals surface area contributed by atoms with Crippen molar-refractivity contribution in [2.24, 2.45) is 0 Å². The number of hydrogen-bond donors (Lipinski definition) is 0. The van der Waals surface area contributed by atoms with Gasteiger partial charge in [0.05, 0.1) is 0 Å². The Hall–Kier alpha value is -3.84. The Morgan fingerprint density at radius 1 is 0.931 bits per heavy atom. The Kier molecular flexibility index (Phi) is 6.44. The summed E-state index contributed by atoms with van der Waals surface area (Å²) in [6.07, 6.45) is 1.54. The molecule has 0 unspecified atom stereocenters. The van der Waals surface area contributed by atoms with Crippen LogP contribution in [0, 0.1) is 11.3 Å². The van der Waals surface area contributed by atoms with E-state index < -0.39 is 5.97 Å². The van der Waals surface area contributed by atoms with E-state index in [0.29, 0.717) is 0 Å². The molecule has 0 spiro atoms. The first-order chi connectivity index (χ1) is 14.1. The normalized spacial score (nSPS) is 10.9. The Morgan fingerprint density at radius 3 is 2.14 bits per heavy atom. The summed E-state index contributed by atoms with van der Waals surface area (Å²) >= 11 is 0. The van der Waals surface area contributed by atoms with Gasteiger partial charge >= 0.3 is 5.97 Å². The Balaban J connectivity index is 1.63. The highest BCUT2D eigenvalue weighted by Crippen LogP contribution is 2.20. The van der Waals surface area contributed by atoms with Gasteiger partial charge in [-0.05, 0) is 40.5 Å². The van der Waals surface area contributed by atoms with Crippen LogP contribution in [0.3, 0.4) is 0 Å². The molecule has 4 heteroatoms. The molecule has 0 bridgehead atoms. The van der Waals surface area contributed by atoms with E-state index in [0.717, 1.165) is 27.9 Å². The standard InChI is InChI=1S/C25H22N2O2/c1-27(2)24-14-10-19(11-15-24)16-23(17-26)25(28)29-18-20-8-12-22(13-9-20)21-6-4-3-5-7-21/h3-16H,18H2,1-2H3/b23-16+. The van der Waals surface area contributed by atoms with Gasteiger partial charge in [0.1, 0.15) is 18.2 Å². The summed E-state index contributed by atoms with van der Waals surface area (Å²) in [5.41, 5.74) is 4.89. The van der Waals surface area contributed by atoms with Gasteiger partial charge in [0.15, 0.2) is 0 Å². The van der Waals surface area contributed by atoms with Gasteiger partial charge in [0, 0.05) is 19.8 Å². The molecule has 0 aliphatic rings. The van der Waals surface area contributed by atoms with Crippen molar-refractivity contribution < 1.29 is 9.53 Å². The molecule has 3 rings (SSSR count). The van der Waals surface area contributed by atoms with E-state index in [2.05, 4.69) is 0 Å². The van der Waals surface area contributed by atoms with Crippen molar-refractivity contribution in [2.75, 3.05) is 19.0 Å². The zero-order valence-electron chi connectivity index (χ0n) is 16.5. The SMILES string of the molecule is CN(C)c1ccc(/C=C(\C#N)C(=O)OCc2ccc(-c3ccccc3)cc2)cc1. The van der Waals surface area contributed by atoms with Crippen LogP contribution in [0.25, 0.3) is 17.2 Å². The lowest BCUT2D eigenvalue weighted by molar-refractivity contribution is -0.139. The Morgan fingerprint density at radius 2 is 1.55 bits per heavy atom. The molecule has 3 aromatic rings. The molecule has 0 fully saturated rings. The van der Waals surface area contributed by atoms with Gasteiger partial charge in [-0.1, -0.05) is 66.7 Å². The number of nitrogens with zero attached hydrogens (tertiary/aromatic N) is 2. The van der Waals surface area contributed by atoms with Crippen LogP contribution in [0.2, 0.25) is 0 Å². The number of hydrogen-bond acceptors (Lipinski definition) is 4. The van der Waals surface area contributed by atoms with Crippen LogP contribution in [0.1, 0.15) is 11.1 Å². The monoisotopic (exact) mass is 382 g/mol. The predicted octanol–water partition coefficient (Wildman–Crippen LogP) is 5.07. The summed E-state index contributed by atoms with van der Waals surface area (Å²) in [6, 6.07) is 27.4. The molecule has 0 heterocycles. The molecule has 0 radical (unpaired) electrons. The summed E-state index contributed by atoms with van der Waals surface area (Å²) in [6.45, 7) is 0.118. The number of anilines is 1. The van der Waals surface area contributed by atoms with Crippen molar-refractivity contribution in [3.8, 4) is 17.2 Å². The number of nitriles is 1. The van der Waals surface area contributed by atoms with Crippen molar-refractivity contribution in [1.82, 2.24) is 0 Å². The smallest absolute Gasteiger partial charge is 0.349 e. The topological polar surface area (TPSA) is 53.3 Å². The molecule has 29 heavy (non-hydrogen) atoms. The highest BCUT2D eigenvalue weighted by molar-refractivity contribution is 5.97. The van der Waals surface area contributed by atoms with Gasteiger partial charge in [-0.2, -0.15) is 5.26 Å². The average molecular weight is 382 g/mol. The number of rotatable bonds is 6. The molecular weight excluding hydrogens is 360 g/mol. The largest absolute Gasteiger partial charge is 0.457 e. The molecule has 0 atom stereocenters. The predicted molar refractivity (Wildman–Crippen MR) is 116 cm³/mol. The summed E-state index contributed by atoms with van der Waals surface area (Å²) in [4.78, 5) is 14.3. The molecule has 4 nitrogen and oxygen atoms in total. The summed E-state index contributed by atoms with van der Waals surface area (Å²) in [5.74, 6) is -0.628. The van der Waals surface area contributed by atoms with E-state index in [4.69, 9.17) is 4.74 Å². The van der Waals surface area contributed by atoms with E-state index in [1.165, 1.54) is 0 Å². The highest BCUT2D eigenvalue weighted by Gasteiger charge is 2.11. The minimum absolute atomic E-state index is 0.0245. The summed E-state index contributed by atoms with van der Waals surface area (Å²) < 4.78 is 5.32. The molecule has 0 N–H and O–H groups in total. The minimum Gasteiger partial charge on any atom is -0.457 e. The first-order valence-electron chi connectivity index (χ1n) is 9.27. The van der Waals surface area contributed by atoms with Gasteiger partial charge in [-0.15, -0.1) is 0 Å². The molecule has 0 saturated carbocycles. The molecule has 144 valence electrons. The van der Waals surface area contributed by atoms with Crippen LogP contribution >= 0.6 is 0 Å². The zero-order chi connectivity index (χ0) is 20.6. The van der Waals surface area contributed by atoms with E-state index in [1.807, 2.05) is 104 Å². The second-order valence-corrected chi connectivity index (χ2v) is 6.79. The zero-order valence-corrected chi connectivity index (χ0v) is 16.5. The lowest BCUT2D eigenvalue weighted by Crippen LogP contribution is -2.08. The third kappa shape index (κ3) is 5.33. The number of carbonyl (C=O) groups is 1. The van der Waals surface area contributed by atoms with Crippen molar-refractivity contribution in [2.45, 2.75) is 6.61 Å². The quantitative estimate of drug-likeness (QED) is 0.339. The van der Waals surface area contributed by atoms with Gasteiger partial charge in [-0.3, -0.25) is 0 Å². The van der Waals surface area contributed by atoms with Crippen LogP contribution in [0.15, 0.2) is 84.4 Å². The van der Waals surface area contributed by atoms with E-state index in [9.17, 15) is 10.1 Å². The maximum atomic E-state index is 12.3. The van der Waals surface area contributed by atoms with Crippen LogP contribution in [-0.2, 0) is 16.1 Å². The van der Waals surface area contributed by atoms with E-state index in [1.54, 1.807) is 6.08 Å². The fourth-order valence-electron chi connectivity index (χ4n) is 2.82. The molecule has 3 aromatic carbocycles. The van der Waals surface area contributed by atoms with Gasteiger partial charge < -0.3 is 9.64 Å². The van der Waals surface area contributed by atoms with Crippen LogP contribution in [0.5, 0.6) is 0 Å². The van der Waals surface area contributed by atoms with Crippen LogP contribution in [0.4, 0.5) is 5.69 Å². The maximum Gasteiger partial charge on any atom is 0.349 e. The van der Waals surface area contributed by atoms with E-state index in [-0.39, 0.29) is 12.2 Å². The fourth-order valence-corrected chi connectivity index (χ4v) is 2.82. The second kappa shape index (κ2) is 9.38. The van der Waals surface area contributed by atoms with Gasteiger partial charge in [-0.25, -0.2) is 4.79 Å². The second-order valence-electron chi connectivity index (χ2n) is 6.79. The third-order valence-electron chi connectivity index (χ3n) is 4.49. The molecule has 0 aromatic heterocycles. The van der Waals surface area contributed by atoms with Crippen molar-refractivity contribution in [1.29, 1.82) is 5.26 Å². The molecule has 0 aliphatic carbocycles. The average Bonchev–Trinajstić information content (AvgIpc) is 2.77. The van der Waals surface area contributed by atoms with Crippen LogP contribution in [-0.4, -0.2) is 20.1 Å². The van der Waals surface area contributed by atoms with E-state index >= 15 is 0 Å². The third-order valence-corrected chi connectivity index (χ3v) is 4.49. The first-order valence-corrected chi connectivity index (χ1v) is 9.27.